The van der Waals surface area contributed by atoms with Crippen LogP contribution in [0.3, 0.4) is 0 Å². The third-order valence-electron chi connectivity index (χ3n) is 3.74. The quantitative estimate of drug-likeness (QED) is 0.786. The maximum atomic E-state index is 11.7. The van der Waals surface area contributed by atoms with E-state index in [9.17, 15) is 9.90 Å². The maximum absolute atomic E-state index is 11.7. The Hall–Kier alpha value is -1.36. The third kappa shape index (κ3) is 3.57. The molecule has 2 atom stereocenters. The zero-order valence-electron chi connectivity index (χ0n) is 10.6. The topological polar surface area (TPSA) is 67.2 Å². The van der Waals surface area contributed by atoms with Gasteiger partial charge < -0.3 is 10.4 Å². The standard InChI is InChI=1S/C13H21N3O2/c17-10-12-4-1-3-11(12)9-14-13(18)5-8-16-7-2-6-15-16/h2,6-7,11-12,17H,1,3-5,8-10H2,(H,14,18). The number of carbonyl (C=O) groups excluding carboxylic acids is 1. The molecule has 1 fully saturated rings. The van der Waals surface area contributed by atoms with Crippen LogP contribution >= 0.6 is 0 Å². The van der Waals surface area contributed by atoms with Crippen LogP contribution in [0.1, 0.15) is 25.7 Å². The largest absolute Gasteiger partial charge is 0.396 e. The van der Waals surface area contributed by atoms with Crippen LogP contribution in [0.5, 0.6) is 0 Å². The lowest BCUT2D eigenvalue weighted by Crippen LogP contribution is -2.32. The minimum atomic E-state index is 0.0640. The Kier molecular flexibility index (Phi) is 4.75. The van der Waals surface area contributed by atoms with Gasteiger partial charge in [-0.2, -0.15) is 5.10 Å². The van der Waals surface area contributed by atoms with E-state index in [1.54, 1.807) is 10.9 Å². The van der Waals surface area contributed by atoms with Gasteiger partial charge in [0.25, 0.3) is 0 Å². The molecule has 1 aromatic rings. The molecular formula is C13H21N3O2. The summed E-state index contributed by atoms with van der Waals surface area (Å²) in [5.41, 5.74) is 0. The van der Waals surface area contributed by atoms with Gasteiger partial charge in [-0.05, 0) is 30.7 Å². The molecule has 0 aliphatic heterocycles. The van der Waals surface area contributed by atoms with Crippen LogP contribution in [0, 0.1) is 11.8 Å². The fraction of sp³-hybridized carbons (Fsp3) is 0.692. The highest BCUT2D eigenvalue weighted by molar-refractivity contribution is 5.75. The van der Waals surface area contributed by atoms with Crippen molar-refractivity contribution in [2.24, 2.45) is 11.8 Å². The highest BCUT2D eigenvalue weighted by Gasteiger charge is 2.26. The van der Waals surface area contributed by atoms with Crippen molar-refractivity contribution >= 4 is 5.91 Å². The maximum Gasteiger partial charge on any atom is 0.221 e. The van der Waals surface area contributed by atoms with Crippen molar-refractivity contribution in [1.29, 1.82) is 0 Å². The number of hydrogen-bond acceptors (Lipinski definition) is 3. The van der Waals surface area contributed by atoms with Crippen LogP contribution in [0.25, 0.3) is 0 Å². The van der Waals surface area contributed by atoms with Gasteiger partial charge in [0.2, 0.25) is 5.91 Å². The molecule has 0 bridgehead atoms. The first kappa shape index (κ1) is 13.1. The Labute approximate surface area is 107 Å². The summed E-state index contributed by atoms with van der Waals surface area (Å²) < 4.78 is 1.76. The van der Waals surface area contributed by atoms with Crippen LogP contribution < -0.4 is 5.32 Å². The summed E-state index contributed by atoms with van der Waals surface area (Å²) in [7, 11) is 0. The number of nitrogens with zero attached hydrogens (tertiary/aromatic N) is 2. The van der Waals surface area contributed by atoms with Crippen molar-refractivity contribution in [1.82, 2.24) is 15.1 Å². The highest BCUT2D eigenvalue weighted by atomic mass is 16.3. The normalized spacial score (nSPS) is 23.2. The van der Waals surface area contributed by atoms with E-state index in [2.05, 4.69) is 10.4 Å². The van der Waals surface area contributed by atoms with Crippen molar-refractivity contribution in [2.45, 2.75) is 32.2 Å². The SMILES string of the molecule is O=C(CCn1cccn1)NCC1CCCC1CO. The predicted molar refractivity (Wildman–Crippen MR) is 67.8 cm³/mol. The average Bonchev–Trinajstić information content (AvgIpc) is 3.04. The van der Waals surface area contributed by atoms with Gasteiger partial charge in [-0.25, -0.2) is 0 Å². The molecule has 0 spiro atoms. The third-order valence-corrected chi connectivity index (χ3v) is 3.74. The molecule has 0 saturated heterocycles. The fourth-order valence-corrected chi connectivity index (χ4v) is 2.60. The molecule has 2 rings (SSSR count). The molecule has 1 saturated carbocycles. The minimum absolute atomic E-state index is 0.0640. The lowest BCUT2D eigenvalue weighted by Gasteiger charge is -2.17. The van der Waals surface area contributed by atoms with Crippen LogP contribution in [0.4, 0.5) is 0 Å². The molecule has 2 N–H and O–H groups in total. The number of aryl methyl sites for hydroxylation is 1. The van der Waals surface area contributed by atoms with Gasteiger partial charge >= 0.3 is 0 Å². The molecule has 1 aliphatic carbocycles. The lowest BCUT2D eigenvalue weighted by atomic mass is 9.97. The van der Waals surface area contributed by atoms with Gasteiger partial charge in [-0.3, -0.25) is 9.48 Å². The van der Waals surface area contributed by atoms with Gasteiger partial charge in [0.15, 0.2) is 0 Å². The average molecular weight is 251 g/mol. The van der Waals surface area contributed by atoms with Crippen molar-refractivity contribution < 1.29 is 9.90 Å². The van der Waals surface area contributed by atoms with E-state index in [0.717, 1.165) is 12.8 Å². The minimum Gasteiger partial charge on any atom is -0.396 e. The summed E-state index contributed by atoms with van der Waals surface area (Å²) in [6.07, 6.45) is 7.39. The first-order valence-electron chi connectivity index (χ1n) is 6.64. The second-order valence-electron chi connectivity index (χ2n) is 4.96. The first-order chi connectivity index (χ1) is 8.79. The zero-order valence-corrected chi connectivity index (χ0v) is 10.6. The second kappa shape index (κ2) is 6.54. The van der Waals surface area contributed by atoms with E-state index < -0.39 is 0 Å². The smallest absolute Gasteiger partial charge is 0.221 e. The Bertz CT molecular complexity index is 364. The molecule has 1 aromatic heterocycles. The number of amides is 1. The summed E-state index contributed by atoms with van der Waals surface area (Å²) >= 11 is 0. The second-order valence-corrected chi connectivity index (χ2v) is 4.96. The highest BCUT2D eigenvalue weighted by Crippen LogP contribution is 2.30. The number of aliphatic hydroxyl groups is 1. The van der Waals surface area contributed by atoms with Crippen LogP contribution in [0.15, 0.2) is 18.5 Å². The fourth-order valence-electron chi connectivity index (χ4n) is 2.60. The number of hydrogen-bond donors (Lipinski definition) is 2. The van der Waals surface area contributed by atoms with E-state index in [1.807, 2.05) is 12.3 Å². The summed E-state index contributed by atoms with van der Waals surface area (Å²) in [5.74, 6) is 0.883. The molecule has 5 nitrogen and oxygen atoms in total. The number of aromatic nitrogens is 2. The van der Waals surface area contributed by atoms with E-state index in [4.69, 9.17) is 0 Å². The number of nitrogens with one attached hydrogen (secondary N) is 1. The molecule has 2 unspecified atom stereocenters. The summed E-state index contributed by atoms with van der Waals surface area (Å²) in [4.78, 5) is 11.7. The molecule has 0 aromatic carbocycles. The monoisotopic (exact) mass is 251 g/mol. The lowest BCUT2D eigenvalue weighted by molar-refractivity contribution is -0.121. The van der Waals surface area contributed by atoms with Crippen LogP contribution in [-0.4, -0.2) is 33.9 Å². The van der Waals surface area contributed by atoms with Gasteiger partial charge in [-0.15, -0.1) is 0 Å². The zero-order chi connectivity index (χ0) is 12.8. The molecule has 1 heterocycles. The Morgan fingerprint density at radius 1 is 1.44 bits per heavy atom. The van der Waals surface area contributed by atoms with E-state index in [0.29, 0.717) is 31.3 Å². The molecule has 18 heavy (non-hydrogen) atoms. The molecule has 1 amide bonds. The van der Waals surface area contributed by atoms with Gasteiger partial charge in [0, 0.05) is 38.5 Å². The first-order valence-corrected chi connectivity index (χ1v) is 6.64. The van der Waals surface area contributed by atoms with Crippen molar-refractivity contribution in [3.8, 4) is 0 Å². The number of carbonyl (C=O) groups is 1. The number of aliphatic hydroxyl groups excluding tert-OH is 1. The molecule has 5 heteroatoms. The van der Waals surface area contributed by atoms with Crippen LogP contribution in [-0.2, 0) is 11.3 Å². The molecule has 100 valence electrons. The van der Waals surface area contributed by atoms with Gasteiger partial charge in [0.05, 0.1) is 0 Å². The summed E-state index contributed by atoms with van der Waals surface area (Å²) in [6.45, 7) is 1.56. The predicted octanol–water partition coefficient (Wildman–Crippen LogP) is 0.798. The Morgan fingerprint density at radius 3 is 3.00 bits per heavy atom. The van der Waals surface area contributed by atoms with E-state index in [1.165, 1.54) is 6.42 Å². The summed E-state index contributed by atoms with van der Waals surface area (Å²) in [6, 6.07) is 1.85. The Balaban J connectivity index is 1.65. The van der Waals surface area contributed by atoms with E-state index in [-0.39, 0.29) is 12.5 Å². The van der Waals surface area contributed by atoms with Crippen LogP contribution in [0.2, 0.25) is 0 Å². The van der Waals surface area contributed by atoms with Gasteiger partial charge in [-0.1, -0.05) is 6.42 Å². The van der Waals surface area contributed by atoms with E-state index >= 15 is 0 Å². The molecular weight excluding hydrogens is 230 g/mol. The Morgan fingerprint density at radius 2 is 2.28 bits per heavy atom. The molecule has 0 radical (unpaired) electrons. The van der Waals surface area contributed by atoms with Gasteiger partial charge in [0.1, 0.15) is 0 Å². The number of rotatable bonds is 6. The summed E-state index contributed by atoms with van der Waals surface area (Å²) in [5, 5.41) is 16.2. The van der Waals surface area contributed by atoms with Crippen molar-refractivity contribution in [3.63, 3.8) is 0 Å². The van der Waals surface area contributed by atoms with Crippen molar-refractivity contribution in [3.05, 3.63) is 18.5 Å². The van der Waals surface area contributed by atoms with Crippen molar-refractivity contribution in [2.75, 3.05) is 13.2 Å². The molecule has 1 aliphatic rings.